The number of aromatic nitrogens is 2. The Hall–Kier alpha value is -2.00. The third kappa shape index (κ3) is 3.48. The van der Waals surface area contributed by atoms with E-state index in [0.29, 0.717) is 13.2 Å². The molecule has 98 valence electrons. The summed E-state index contributed by atoms with van der Waals surface area (Å²) >= 11 is 0. The Bertz CT molecular complexity index is 561. The van der Waals surface area contributed by atoms with Crippen molar-refractivity contribution in [3.05, 3.63) is 54.6 Å². The fraction of sp³-hybridized carbons (Fsp3) is 0.250. The van der Waals surface area contributed by atoms with Gasteiger partial charge in [-0.2, -0.15) is 0 Å². The summed E-state index contributed by atoms with van der Waals surface area (Å²) in [5.74, 6) is 0.778. The summed E-state index contributed by atoms with van der Waals surface area (Å²) in [6.45, 7) is 9.17. The zero-order valence-corrected chi connectivity index (χ0v) is 11.4. The van der Waals surface area contributed by atoms with Gasteiger partial charge in [-0.15, -0.1) is 0 Å². The fourth-order valence-electron chi connectivity index (χ4n) is 1.77. The zero-order valence-electron chi connectivity index (χ0n) is 11.4. The van der Waals surface area contributed by atoms with Crippen LogP contribution in [0.2, 0.25) is 0 Å². The molecule has 0 amide bonds. The number of rotatable bonds is 5. The SMILES string of the molecule is C=C(COCC)c1cccc(-c2cnc(C)nc2)c1. The van der Waals surface area contributed by atoms with Gasteiger partial charge in [0.1, 0.15) is 5.82 Å². The van der Waals surface area contributed by atoms with Gasteiger partial charge in [-0.25, -0.2) is 9.97 Å². The highest BCUT2D eigenvalue weighted by Crippen LogP contribution is 2.22. The summed E-state index contributed by atoms with van der Waals surface area (Å²) in [7, 11) is 0. The zero-order chi connectivity index (χ0) is 13.7. The third-order valence-electron chi connectivity index (χ3n) is 2.87. The van der Waals surface area contributed by atoms with Crippen LogP contribution in [0.15, 0.2) is 43.2 Å². The first-order valence-corrected chi connectivity index (χ1v) is 6.35. The Kier molecular flexibility index (Phi) is 4.42. The molecule has 2 rings (SSSR count). The van der Waals surface area contributed by atoms with Crippen LogP contribution >= 0.6 is 0 Å². The van der Waals surface area contributed by atoms with E-state index < -0.39 is 0 Å². The standard InChI is InChI=1S/C16H18N2O/c1-4-19-11-12(2)14-6-5-7-15(8-14)16-9-17-13(3)18-10-16/h5-10H,2,4,11H2,1,3H3. The predicted octanol–water partition coefficient (Wildman–Crippen LogP) is 3.50. The average molecular weight is 254 g/mol. The maximum Gasteiger partial charge on any atom is 0.125 e. The topological polar surface area (TPSA) is 35.0 Å². The van der Waals surface area contributed by atoms with Crippen LogP contribution in [-0.2, 0) is 4.74 Å². The molecule has 1 aromatic heterocycles. The summed E-state index contributed by atoms with van der Waals surface area (Å²) < 4.78 is 5.39. The van der Waals surface area contributed by atoms with Crippen LogP contribution in [0.5, 0.6) is 0 Å². The number of hydrogen-bond acceptors (Lipinski definition) is 3. The van der Waals surface area contributed by atoms with E-state index in [4.69, 9.17) is 4.74 Å². The Morgan fingerprint density at radius 1 is 1.21 bits per heavy atom. The second-order valence-corrected chi connectivity index (χ2v) is 4.34. The van der Waals surface area contributed by atoms with Gasteiger partial charge >= 0.3 is 0 Å². The fourth-order valence-corrected chi connectivity index (χ4v) is 1.77. The summed E-state index contributed by atoms with van der Waals surface area (Å²) in [6.07, 6.45) is 3.68. The highest BCUT2D eigenvalue weighted by molar-refractivity contribution is 5.71. The largest absolute Gasteiger partial charge is 0.377 e. The van der Waals surface area contributed by atoms with Crippen LogP contribution in [-0.4, -0.2) is 23.2 Å². The van der Waals surface area contributed by atoms with Crippen LogP contribution in [0.4, 0.5) is 0 Å². The lowest BCUT2D eigenvalue weighted by Gasteiger charge is -2.08. The molecule has 0 saturated heterocycles. The maximum atomic E-state index is 5.39. The number of hydrogen-bond donors (Lipinski definition) is 0. The Morgan fingerprint density at radius 3 is 2.63 bits per heavy atom. The molecule has 0 N–H and O–H groups in total. The molecule has 2 aromatic rings. The lowest BCUT2D eigenvalue weighted by molar-refractivity contribution is 0.183. The number of aryl methyl sites for hydroxylation is 1. The second-order valence-electron chi connectivity index (χ2n) is 4.34. The van der Waals surface area contributed by atoms with E-state index in [9.17, 15) is 0 Å². The van der Waals surface area contributed by atoms with E-state index >= 15 is 0 Å². The van der Waals surface area contributed by atoms with E-state index in [2.05, 4.69) is 22.6 Å². The van der Waals surface area contributed by atoms with E-state index in [1.54, 1.807) is 0 Å². The van der Waals surface area contributed by atoms with Gasteiger partial charge < -0.3 is 4.74 Å². The van der Waals surface area contributed by atoms with E-state index in [1.807, 2.05) is 44.4 Å². The number of ether oxygens (including phenoxy) is 1. The quantitative estimate of drug-likeness (QED) is 0.819. The van der Waals surface area contributed by atoms with Crippen LogP contribution < -0.4 is 0 Å². The molecule has 19 heavy (non-hydrogen) atoms. The minimum Gasteiger partial charge on any atom is -0.377 e. The second kappa shape index (κ2) is 6.25. The highest BCUT2D eigenvalue weighted by Gasteiger charge is 2.03. The molecule has 0 aliphatic rings. The molecule has 0 bridgehead atoms. The van der Waals surface area contributed by atoms with Gasteiger partial charge in [0.2, 0.25) is 0 Å². The number of nitrogens with zero attached hydrogens (tertiary/aromatic N) is 2. The smallest absolute Gasteiger partial charge is 0.125 e. The molecule has 1 aromatic carbocycles. The van der Waals surface area contributed by atoms with Crippen LogP contribution in [0.3, 0.4) is 0 Å². The summed E-state index contributed by atoms with van der Waals surface area (Å²) in [5.41, 5.74) is 4.18. The van der Waals surface area contributed by atoms with Gasteiger partial charge in [-0.1, -0.05) is 24.8 Å². The molecule has 0 radical (unpaired) electrons. The predicted molar refractivity (Wildman–Crippen MR) is 77.7 cm³/mol. The summed E-state index contributed by atoms with van der Waals surface area (Å²) in [6, 6.07) is 8.20. The van der Waals surface area contributed by atoms with Crippen molar-refractivity contribution in [2.75, 3.05) is 13.2 Å². The summed E-state index contributed by atoms with van der Waals surface area (Å²) in [5, 5.41) is 0. The van der Waals surface area contributed by atoms with Gasteiger partial charge in [-0.3, -0.25) is 0 Å². The first-order valence-electron chi connectivity index (χ1n) is 6.35. The van der Waals surface area contributed by atoms with E-state index in [0.717, 1.165) is 28.1 Å². The first kappa shape index (κ1) is 13.4. The Balaban J connectivity index is 2.24. The van der Waals surface area contributed by atoms with Crippen molar-refractivity contribution in [2.45, 2.75) is 13.8 Å². The van der Waals surface area contributed by atoms with Gasteiger partial charge in [0.25, 0.3) is 0 Å². The molecule has 3 heteroatoms. The lowest BCUT2D eigenvalue weighted by Crippen LogP contribution is -1.96. The van der Waals surface area contributed by atoms with Crippen molar-refractivity contribution in [3.8, 4) is 11.1 Å². The van der Waals surface area contributed by atoms with E-state index in [1.165, 1.54) is 0 Å². The molecule has 0 fully saturated rings. The van der Waals surface area contributed by atoms with Gasteiger partial charge in [0.05, 0.1) is 6.61 Å². The lowest BCUT2D eigenvalue weighted by atomic mass is 10.0. The minimum atomic E-state index is 0.560. The van der Waals surface area contributed by atoms with Crippen molar-refractivity contribution in [1.82, 2.24) is 9.97 Å². The normalized spacial score (nSPS) is 10.4. The Morgan fingerprint density at radius 2 is 1.95 bits per heavy atom. The third-order valence-corrected chi connectivity index (χ3v) is 2.87. The first-order chi connectivity index (χ1) is 9.20. The molecule has 0 saturated carbocycles. The van der Waals surface area contributed by atoms with Gasteiger partial charge in [0.15, 0.2) is 0 Å². The summed E-state index contributed by atoms with van der Waals surface area (Å²) in [4.78, 5) is 8.44. The van der Waals surface area contributed by atoms with Crippen molar-refractivity contribution < 1.29 is 4.74 Å². The minimum absolute atomic E-state index is 0.560. The monoisotopic (exact) mass is 254 g/mol. The van der Waals surface area contributed by atoms with Crippen LogP contribution in [0, 0.1) is 6.92 Å². The van der Waals surface area contributed by atoms with Crippen molar-refractivity contribution in [2.24, 2.45) is 0 Å². The van der Waals surface area contributed by atoms with Gasteiger partial charge in [0, 0.05) is 24.6 Å². The van der Waals surface area contributed by atoms with Gasteiger partial charge in [-0.05, 0) is 36.6 Å². The van der Waals surface area contributed by atoms with Crippen molar-refractivity contribution >= 4 is 5.57 Å². The maximum absolute atomic E-state index is 5.39. The molecular weight excluding hydrogens is 236 g/mol. The molecule has 0 spiro atoms. The molecule has 0 aliphatic carbocycles. The molecule has 0 aliphatic heterocycles. The molecule has 0 unspecified atom stereocenters. The molecule has 1 heterocycles. The molecule has 0 atom stereocenters. The Labute approximate surface area is 114 Å². The molecule has 3 nitrogen and oxygen atoms in total. The van der Waals surface area contributed by atoms with Crippen LogP contribution in [0.1, 0.15) is 18.3 Å². The molecular formula is C16H18N2O. The van der Waals surface area contributed by atoms with Crippen molar-refractivity contribution in [1.29, 1.82) is 0 Å². The average Bonchev–Trinajstić information content (AvgIpc) is 2.45. The number of benzene rings is 1. The highest BCUT2D eigenvalue weighted by atomic mass is 16.5. The van der Waals surface area contributed by atoms with E-state index in [-0.39, 0.29) is 0 Å². The van der Waals surface area contributed by atoms with Crippen LogP contribution in [0.25, 0.3) is 16.7 Å². The van der Waals surface area contributed by atoms with Crippen molar-refractivity contribution in [3.63, 3.8) is 0 Å².